The van der Waals surface area contributed by atoms with E-state index in [-0.39, 0.29) is 5.56 Å². The van der Waals surface area contributed by atoms with Gasteiger partial charge in [0.25, 0.3) is 0 Å². The van der Waals surface area contributed by atoms with Crippen molar-refractivity contribution < 1.29 is 23.1 Å². The lowest BCUT2D eigenvalue weighted by atomic mass is 9.89. The van der Waals surface area contributed by atoms with Gasteiger partial charge in [-0.15, -0.1) is 0 Å². The zero-order valence-corrected chi connectivity index (χ0v) is 9.14. The van der Waals surface area contributed by atoms with Crippen LogP contribution >= 0.6 is 0 Å². The summed E-state index contributed by atoms with van der Waals surface area (Å²) in [6, 6.07) is 1.26. The molecule has 17 heavy (non-hydrogen) atoms. The molecule has 0 spiro atoms. The normalized spacial score (nSPS) is 14.4. The van der Waals surface area contributed by atoms with E-state index in [4.69, 9.17) is 10.8 Å². The Balaban J connectivity index is 3.10. The lowest BCUT2D eigenvalue weighted by molar-refractivity contribution is -0.122. The second-order valence-electron chi connectivity index (χ2n) is 3.92. The number of rotatable bonds is 4. The van der Waals surface area contributed by atoms with Crippen molar-refractivity contribution in [1.82, 2.24) is 0 Å². The number of aromatic hydroxyl groups is 1. The highest BCUT2D eigenvalue weighted by Crippen LogP contribution is 2.23. The van der Waals surface area contributed by atoms with E-state index in [0.29, 0.717) is 12.1 Å². The summed E-state index contributed by atoms with van der Waals surface area (Å²) in [5.41, 5.74) is 3.33. The fraction of sp³-hybridized carbons (Fsp3) is 0.364. The first kappa shape index (κ1) is 13.5. The Morgan fingerprint density at radius 2 is 2.00 bits per heavy atom. The Labute approximate surface area is 96.0 Å². The fourth-order valence-corrected chi connectivity index (χ4v) is 1.32. The van der Waals surface area contributed by atoms with Gasteiger partial charge in [-0.3, -0.25) is 4.79 Å². The molecule has 0 radical (unpaired) electrons. The summed E-state index contributed by atoms with van der Waals surface area (Å²) in [6.07, 6.45) is -0.470. The van der Waals surface area contributed by atoms with Crippen molar-refractivity contribution >= 4 is 5.78 Å². The lowest BCUT2D eigenvalue weighted by Crippen LogP contribution is -2.51. The average molecular weight is 247 g/mol. The van der Waals surface area contributed by atoms with E-state index in [1.54, 1.807) is 0 Å². The van der Waals surface area contributed by atoms with Crippen LogP contribution in [0.5, 0.6) is 5.75 Å². The minimum absolute atomic E-state index is 0.254. The zero-order valence-electron chi connectivity index (χ0n) is 9.14. The first-order chi connectivity index (χ1) is 7.80. The van der Waals surface area contributed by atoms with Gasteiger partial charge < -0.3 is 10.8 Å². The average Bonchev–Trinajstić information content (AvgIpc) is 2.25. The molecule has 0 heterocycles. The summed E-state index contributed by atoms with van der Waals surface area (Å²) in [7, 11) is 0. The van der Waals surface area contributed by atoms with Crippen molar-refractivity contribution in [2.24, 2.45) is 5.73 Å². The summed E-state index contributed by atoms with van der Waals surface area (Å²) in [5, 5.41) is 8.90. The van der Waals surface area contributed by atoms with Gasteiger partial charge in [-0.1, -0.05) is 0 Å². The van der Waals surface area contributed by atoms with Crippen LogP contribution in [0.25, 0.3) is 0 Å². The third kappa shape index (κ3) is 2.76. The maximum Gasteiger partial charge on any atom is 0.165 e. The van der Waals surface area contributed by atoms with E-state index >= 15 is 0 Å². The van der Waals surface area contributed by atoms with E-state index < -0.39 is 41.8 Å². The molecule has 0 saturated carbocycles. The summed E-state index contributed by atoms with van der Waals surface area (Å²) in [5.74, 6) is -3.50. The van der Waals surface area contributed by atoms with Crippen molar-refractivity contribution in [3.63, 3.8) is 0 Å². The highest BCUT2D eigenvalue weighted by atomic mass is 19.1. The zero-order chi connectivity index (χ0) is 13.2. The molecule has 3 nitrogen and oxygen atoms in total. The van der Waals surface area contributed by atoms with Crippen LogP contribution in [0.2, 0.25) is 0 Å². The van der Waals surface area contributed by atoms with Crippen molar-refractivity contribution in [2.75, 3.05) is 6.67 Å². The standard InChI is InChI=1S/C11H12F3NO2/c1-6(16)11(15,5-12)4-7-2-9(14)10(17)3-8(7)13/h2-3,17H,4-5,15H2,1H3/t11-/m1/s1. The van der Waals surface area contributed by atoms with Crippen LogP contribution in [0, 0.1) is 11.6 Å². The molecule has 0 bridgehead atoms. The number of hydrogen-bond donors (Lipinski definition) is 2. The molecule has 0 aromatic heterocycles. The SMILES string of the molecule is CC(=O)[C@](N)(CF)Cc1cc(F)c(O)cc1F. The molecule has 0 aliphatic rings. The molecule has 6 heteroatoms. The van der Waals surface area contributed by atoms with Crippen LogP contribution in [0.3, 0.4) is 0 Å². The van der Waals surface area contributed by atoms with Crippen LogP contribution in [0.15, 0.2) is 12.1 Å². The molecule has 1 rings (SSSR count). The number of Topliss-reactive ketones (excluding diaryl/α,β-unsaturated/α-hetero) is 1. The maximum absolute atomic E-state index is 13.3. The lowest BCUT2D eigenvalue weighted by Gasteiger charge is -2.23. The second-order valence-corrected chi connectivity index (χ2v) is 3.92. The van der Waals surface area contributed by atoms with E-state index in [9.17, 15) is 18.0 Å². The van der Waals surface area contributed by atoms with Gasteiger partial charge in [0.05, 0.1) is 0 Å². The largest absolute Gasteiger partial charge is 0.505 e. The molecule has 94 valence electrons. The molecule has 1 aromatic rings. The van der Waals surface area contributed by atoms with Crippen LogP contribution < -0.4 is 5.73 Å². The third-order valence-electron chi connectivity index (χ3n) is 2.56. The highest BCUT2D eigenvalue weighted by Gasteiger charge is 2.32. The molecule has 1 atom stereocenters. The number of benzene rings is 1. The van der Waals surface area contributed by atoms with Crippen molar-refractivity contribution in [2.45, 2.75) is 18.9 Å². The number of carbonyl (C=O) groups is 1. The molecule has 0 fully saturated rings. The number of hydrogen-bond acceptors (Lipinski definition) is 3. The smallest absolute Gasteiger partial charge is 0.165 e. The van der Waals surface area contributed by atoms with Gasteiger partial charge in [-0.2, -0.15) is 0 Å². The van der Waals surface area contributed by atoms with Gasteiger partial charge in [-0.05, 0) is 18.6 Å². The predicted octanol–water partition coefficient (Wildman–Crippen LogP) is 1.47. The molecular formula is C11H12F3NO2. The van der Waals surface area contributed by atoms with E-state index in [2.05, 4.69) is 0 Å². The number of halogens is 3. The van der Waals surface area contributed by atoms with Crippen molar-refractivity contribution in [1.29, 1.82) is 0 Å². The van der Waals surface area contributed by atoms with Crippen molar-refractivity contribution in [3.8, 4) is 5.75 Å². The maximum atomic E-state index is 13.3. The number of alkyl halides is 1. The van der Waals surface area contributed by atoms with Crippen LogP contribution in [0.1, 0.15) is 12.5 Å². The summed E-state index contributed by atoms with van der Waals surface area (Å²) in [6.45, 7) is -0.0987. The second kappa shape index (κ2) is 4.75. The Hall–Kier alpha value is -1.56. The van der Waals surface area contributed by atoms with Gasteiger partial charge in [0.1, 0.15) is 18.0 Å². The summed E-state index contributed by atoms with van der Waals surface area (Å²) < 4.78 is 39.0. The van der Waals surface area contributed by atoms with E-state index in [1.165, 1.54) is 0 Å². The molecular weight excluding hydrogens is 235 g/mol. The van der Waals surface area contributed by atoms with Crippen LogP contribution in [-0.2, 0) is 11.2 Å². The number of phenolic OH excluding ortho intramolecular Hbond substituents is 1. The highest BCUT2D eigenvalue weighted by molar-refractivity contribution is 5.86. The minimum atomic E-state index is -1.87. The Morgan fingerprint density at radius 1 is 1.41 bits per heavy atom. The fourth-order valence-electron chi connectivity index (χ4n) is 1.32. The van der Waals surface area contributed by atoms with Gasteiger partial charge >= 0.3 is 0 Å². The molecule has 3 N–H and O–H groups in total. The predicted molar refractivity (Wildman–Crippen MR) is 55.3 cm³/mol. The molecule has 1 aromatic carbocycles. The third-order valence-corrected chi connectivity index (χ3v) is 2.56. The number of phenols is 1. The monoisotopic (exact) mass is 247 g/mol. The number of ketones is 1. The molecule has 0 unspecified atom stereocenters. The topological polar surface area (TPSA) is 63.3 Å². The minimum Gasteiger partial charge on any atom is -0.505 e. The van der Waals surface area contributed by atoms with Crippen LogP contribution in [-0.4, -0.2) is 23.1 Å². The van der Waals surface area contributed by atoms with Crippen LogP contribution in [0.4, 0.5) is 13.2 Å². The molecule has 0 aliphatic heterocycles. The number of carbonyl (C=O) groups excluding carboxylic acids is 1. The quantitative estimate of drug-likeness (QED) is 0.846. The molecule has 0 amide bonds. The van der Waals surface area contributed by atoms with E-state index in [0.717, 1.165) is 6.92 Å². The van der Waals surface area contributed by atoms with Crippen molar-refractivity contribution in [3.05, 3.63) is 29.3 Å². The number of nitrogens with two attached hydrogens (primary N) is 1. The first-order valence-corrected chi connectivity index (χ1v) is 4.83. The first-order valence-electron chi connectivity index (χ1n) is 4.83. The summed E-state index contributed by atoms with van der Waals surface area (Å²) in [4.78, 5) is 11.1. The molecule has 0 aliphatic carbocycles. The Kier molecular flexibility index (Phi) is 3.77. The van der Waals surface area contributed by atoms with Gasteiger partial charge in [-0.25, -0.2) is 13.2 Å². The van der Waals surface area contributed by atoms with Gasteiger partial charge in [0.2, 0.25) is 0 Å². The van der Waals surface area contributed by atoms with E-state index in [1.807, 2.05) is 0 Å². The van der Waals surface area contributed by atoms with Gasteiger partial charge in [0, 0.05) is 12.5 Å². The van der Waals surface area contributed by atoms with Gasteiger partial charge in [0.15, 0.2) is 17.3 Å². The Morgan fingerprint density at radius 3 is 2.47 bits per heavy atom. The summed E-state index contributed by atoms with van der Waals surface area (Å²) >= 11 is 0. The molecule has 0 saturated heterocycles. The Bertz CT molecular complexity index is 451.